The summed E-state index contributed by atoms with van der Waals surface area (Å²) in [4.78, 5) is 22.7. The largest absolute Gasteiger partial charge is 0.487 e. The van der Waals surface area contributed by atoms with Crippen molar-refractivity contribution in [2.75, 3.05) is 38.7 Å². The summed E-state index contributed by atoms with van der Waals surface area (Å²) in [6.45, 7) is 4.31. The van der Waals surface area contributed by atoms with E-state index in [1.807, 2.05) is 6.07 Å². The molecule has 8 heteroatoms. The number of hydrogen-bond donors (Lipinski definition) is 0. The highest BCUT2D eigenvalue weighted by molar-refractivity contribution is 7.99. The Morgan fingerprint density at radius 3 is 2.74 bits per heavy atom. The molecular weight excluding hydrogens is 366 g/mol. The van der Waals surface area contributed by atoms with E-state index in [1.54, 1.807) is 24.2 Å². The van der Waals surface area contributed by atoms with Gasteiger partial charge in [-0.05, 0) is 25.3 Å². The lowest BCUT2D eigenvalue weighted by atomic mass is 10.3. The molecule has 2 aromatic heterocycles. The topological polar surface area (TPSA) is 77.7 Å². The Kier molecular flexibility index (Phi) is 8.13. The van der Waals surface area contributed by atoms with Crippen LogP contribution in [0.1, 0.15) is 25.0 Å². The third-order valence-electron chi connectivity index (χ3n) is 4.15. The summed E-state index contributed by atoms with van der Waals surface area (Å²) >= 11 is 1.65. The van der Waals surface area contributed by atoms with Crippen molar-refractivity contribution in [2.24, 2.45) is 0 Å². The minimum absolute atomic E-state index is 0.124. The van der Waals surface area contributed by atoms with Gasteiger partial charge in [0.1, 0.15) is 12.0 Å². The van der Waals surface area contributed by atoms with E-state index in [4.69, 9.17) is 13.9 Å². The zero-order valence-corrected chi connectivity index (χ0v) is 16.2. The molecule has 0 atom stereocenters. The molecule has 0 aromatic carbocycles. The van der Waals surface area contributed by atoms with Crippen molar-refractivity contribution >= 4 is 11.8 Å². The van der Waals surface area contributed by atoms with Gasteiger partial charge in [0.05, 0.1) is 26.4 Å². The third kappa shape index (κ3) is 6.97. The zero-order chi connectivity index (χ0) is 18.7. The van der Waals surface area contributed by atoms with Crippen LogP contribution in [0.4, 0.5) is 0 Å². The molecule has 1 saturated heterocycles. The quantitative estimate of drug-likeness (QED) is 0.347. The number of unbranched alkanes of at least 4 members (excludes halogenated alkanes) is 2. The molecule has 2 aromatic rings. The molecule has 1 aliphatic heterocycles. The first-order valence-electron chi connectivity index (χ1n) is 9.26. The lowest BCUT2D eigenvalue weighted by Gasteiger charge is -2.25. The van der Waals surface area contributed by atoms with E-state index < -0.39 is 0 Å². The maximum absolute atomic E-state index is 12.2. The highest BCUT2D eigenvalue weighted by Gasteiger charge is 2.13. The summed E-state index contributed by atoms with van der Waals surface area (Å²) in [5.41, 5.74) is -0.124. The Hall–Kier alpha value is -1.90. The zero-order valence-electron chi connectivity index (χ0n) is 15.3. The fourth-order valence-electron chi connectivity index (χ4n) is 2.69. The summed E-state index contributed by atoms with van der Waals surface area (Å²) in [7, 11) is 0. The van der Waals surface area contributed by atoms with E-state index in [1.165, 1.54) is 12.3 Å². The summed E-state index contributed by atoms with van der Waals surface area (Å²) in [6, 6.07) is 3.34. The van der Waals surface area contributed by atoms with Crippen LogP contribution < -0.4 is 10.2 Å². The third-order valence-corrected chi connectivity index (χ3v) is 5.12. The molecule has 0 unspecified atom stereocenters. The Bertz CT molecular complexity index is 735. The van der Waals surface area contributed by atoms with Gasteiger partial charge in [0, 0.05) is 37.3 Å². The van der Waals surface area contributed by atoms with Gasteiger partial charge in [0.25, 0.3) is 0 Å². The van der Waals surface area contributed by atoms with Crippen LogP contribution in [-0.4, -0.2) is 53.5 Å². The first-order valence-corrected chi connectivity index (χ1v) is 10.2. The van der Waals surface area contributed by atoms with Crippen molar-refractivity contribution in [3.63, 3.8) is 0 Å². The Morgan fingerprint density at radius 1 is 1.15 bits per heavy atom. The number of nitrogens with zero attached hydrogens (tertiary/aromatic N) is 3. The van der Waals surface area contributed by atoms with Crippen LogP contribution >= 0.6 is 11.8 Å². The summed E-state index contributed by atoms with van der Waals surface area (Å²) < 4.78 is 16.5. The maximum atomic E-state index is 12.2. The first kappa shape index (κ1) is 19.9. The molecule has 0 bridgehead atoms. The fourth-order valence-corrected chi connectivity index (χ4v) is 3.49. The van der Waals surface area contributed by atoms with Gasteiger partial charge in [-0.3, -0.25) is 9.69 Å². The van der Waals surface area contributed by atoms with Crippen LogP contribution in [0.5, 0.6) is 5.75 Å². The number of ether oxygens (including phenoxy) is 2. The highest BCUT2D eigenvalue weighted by Crippen LogP contribution is 2.14. The molecule has 7 nitrogen and oxygen atoms in total. The van der Waals surface area contributed by atoms with E-state index in [9.17, 15) is 4.79 Å². The van der Waals surface area contributed by atoms with Crippen molar-refractivity contribution in [1.29, 1.82) is 0 Å². The van der Waals surface area contributed by atoms with E-state index >= 15 is 0 Å². The van der Waals surface area contributed by atoms with Gasteiger partial charge in [0.2, 0.25) is 11.2 Å². The second kappa shape index (κ2) is 11.1. The number of thioether (sulfide) groups is 1. The molecule has 0 saturated carbocycles. The van der Waals surface area contributed by atoms with Crippen molar-refractivity contribution in [3.05, 3.63) is 46.8 Å². The van der Waals surface area contributed by atoms with Gasteiger partial charge in [-0.1, -0.05) is 11.8 Å². The fraction of sp³-hybridized carbons (Fsp3) is 0.526. The highest BCUT2D eigenvalue weighted by atomic mass is 32.2. The lowest BCUT2D eigenvalue weighted by Crippen LogP contribution is -2.35. The summed E-state index contributed by atoms with van der Waals surface area (Å²) in [6.07, 6.45) is 7.91. The second-order valence-corrected chi connectivity index (χ2v) is 7.31. The summed E-state index contributed by atoms with van der Waals surface area (Å²) in [5, 5.41) is 0.809. The normalized spacial score (nSPS) is 15.0. The second-order valence-electron chi connectivity index (χ2n) is 6.25. The van der Waals surface area contributed by atoms with Gasteiger partial charge in [-0.15, -0.1) is 0 Å². The van der Waals surface area contributed by atoms with E-state index in [0.29, 0.717) is 18.9 Å². The molecule has 27 heavy (non-hydrogen) atoms. The first-order chi connectivity index (χ1) is 13.3. The van der Waals surface area contributed by atoms with Gasteiger partial charge in [-0.2, -0.15) is 0 Å². The van der Waals surface area contributed by atoms with Crippen LogP contribution in [0, 0.1) is 0 Å². The minimum Gasteiger partial charge on any atom is -0.487 e. The molecule has 3 heterocycles. The molecule has 0 spiro atoms. The standard InChI is InChI=1S/C19H25N3O4S/c23-17-13-16(14-22-7-10-24-11-8-22)26-15-18(17)25-9-2-1-3-12-27-19-20-5-4-6-21-19/h4-6,13,15H,1-3,7-12,14H2. The molecule has 0 radical (unpaired) electrons. The van der Waals surface area contributed by atoms with Crippen LogP contribution in [0.3, 0.4) is 0 Å². The van der Waals surface area contributed by atoms with Crippen LogP contribution in [-0.2, 0) is 11.3 Å². The Balaban J connectivity index is 1.31. The lowest BCUT2D eigenvalue weighted by molar-refractivity contribution is 0.0310. The number of aromatic nitrogens is 2. The van der Waals surface area contributed by atoms with Crippen molar-refractivity contribution in [1.82, 2.24) is 14.9 Å². The number of morpholine rings is 1. The molecule has 1 aliphatic rings. The van der Waals surface area contributed by atoms with Crippen LogP contribution in [0.25, 0.3) is 0 Å². The van der Waals surface area contributed by atoms with Crippen LogP contribution in [0.2, 0.25) is 0 Å². The predicted molar refractivity (Wildman–Crippen MR) is 103 cm³/mol. The van der Waals surface area contributed by atoms with Crippen molar-refractivity contribution in [3.8, 4) is 5.75 Å². The monoisotopic (exact) mass is 391 g/mol. The van der Waals surface area contributed by atoms with Gasteiger partial charge in [0.15, 0.2) is 5.16 Å². The number of rotatable bonds is 10. The molecule has 3 rings (SSSR count). The van der Waals surface area contributed by atoms with Crippen molar-refractivity contribution in [2.45, 2.75) is 31.0 Å². The Morgan fingerprint density at radius 2 is 1.96 bits per heavy atom. The minimum atomic E-state index is -0.124. The average molecular weight is 391 g/mol. The SMILES string of the molecule is O=c1cc(CN2CCOCC2)occ1OCCCCCSc1ncccn1. The van der Waals surface area contributed by atoms with Gasteiger partial charge < -0.3 is 13.9 Å². The average Bonchev–Trinajstić information content (AvgIpc) is 2.70. The summed E-state index contributed by atoms with van der Waals surface area (Å²) in [5.74, 6) is 1.92. The molecule has 0 aliphatic carbocycles. The maximum Gasteiger partial charge on any atom is 0.227 e. The van der Waals surface area contributed by atoms with Gasteiger partial charge in [-0.25, -0.2) is 9.97 Å². The Labute approximate surface area is 163 Å². The number of hydrogen-bond acceptors (Lipinski definition) is 8. The predicted octanol–water partition coefficient (Wildman–Crippen LogP) is 2.60. The smallest absolute Gasteiger partial charge is 0.227 e. The van der Waals surface area contributed by atoms with E-state index in [-0.39, 0.29) is 11.2 Å². The van der Waals surface area contributed by atoms with Crippen molar-refractivity contribution < 1.29 is 13.9 Å². The molecule has 146 valence electrons. The van der Waals surface area contributed by atoms with E-state index in [2.05, 4.69) is 14.9 Å². The molecule has 0 N–H and O–H groups in total. The van der Waals surface area contributed by atoms with E-state index in [0.717, 1.165) is 56.5 Å². The molecular formula is C19H25N3O4S. The molecule has 1 fully saturated rings. The van der Waals surface area contributed by atoms with Crippen LogP contribution in [0.15, 0.2) is 45.2 Å². The van der Waals surface area contributed by atoms with Gasteiger partial charge >= 0.3 is 0 Å². The molecule has 0 amide bonds.